The Morgan fingerprint density at radius 1 is 0.771 bits per heavy atom. The molecule has 7 heteroatoms. The van der Waals surface area contributed by atoms with Crippen LogP contribution in [0.15, 0.2) is 96.4 Å². The summed E-state index contributed by atoms with van der Waals surface area (Å²) in [6.45, 7) is 3.81. The zero-order valence-electron chi connectivity index (χ0n) is 19.5. The van der Waals surface area contributed by atoms with Crippen molar-refractivity contribution in [3.8, 4) is 0 Å². The van der Waals surface area contributed by atoms with E-state index in [2.05, 4.69) is 33.9 Å². The molecule has 1 amide bonds. The van der Waals surface area contributed by atoms with Crippen LogP contribution in [0.1, 0.15) is 21.5 Å². The van der Waals surface area contributed by atoms with Gasteiger partial charge in [0.1, 0.15) is 0 Å². The van der Waals surface area contributed by atoms with Gasteiger partial charge in [-0.05, 0) is 41.5 Å². The standard InChI is InChI=1S/C28H29N3O3S/c32-28(31-21-19-30(20-22-31)18-7-12-24-8-3-1-4-9-24)26-13-15-27(16-14-26)29-35(33,34)23-17-25-10-5-2-6-11-25/h1-17,23,29H,18-22H2/b12-7+,23-17+. The molecule has 1 aliphatic rings. The summed E-state index contributed by atoms with van der Waals surface area (Å²) in [7, 11) is -3.66. The van der Waals surface area contributed by atoms with Crippen molar-refractivity contribution in [1.82, 2.24) is 9.80 Å². The fraction of sp³-hybridized carbons (Fsp3) is 0.179. The number of carbonyl (C=O) groups excluding carboxylic acids is 1. The molecule has 0 radical (unpaired) electrons. The van der Waals surface area contributed by atoms with Crippen molar-refractivity contribution >= 4 is 33.8 Å². The van der Waals surface area contributed by atoms with Gasteiger partial charge in [-0.2, -0.15) is 0 Å². The smallest absolute Gasteiger partial charge is 0.255 e. The molecular weight excluding hydrogens is 458 g/mol. The molecule has 35 heavy (non-hydrogen) atoms. The second-order valence-corrected chi connectivity index (χ2v) is 9.91. The summed E-state index contributed by atoms with van der Waals surface area (Å²) in [6, 6.07) is 26.0. The zero-order valence-corrected chi connectivity index (χ0v) is 20.3. The summed E-state index contributed by atoms with van der Waals surface area (Å²) < 4.78 is 27.2. The largest absolute Gasteiger partial charge is 0.336 e. The molecule has 180 valence electrons. The first-order valence-electron chi connectivity index (χ1n) is 11.6. The highest BCUT2D eigenvalue weighted by atomic mass is 32.2. The summed E-state index contributed by atoms with van der Waals surface area (Å²) in [5.74, 6) is -0.0390. The number of rotatable bonds is 8. The average molecular weight is 488 g/mol. The predicted octanol–water partition coefficient (Wildman–Crippen LogP) is 4.57. The van der Waals surface area contributed by atoms with E-state index in [-0.39, 0.29) is 5.91 Å². The van der Waals surface area contributed by atoms with E-state index < -0.39 is 10.0 Å². The minimum atomic E-state index is -3.66. The Labute approximate surface area is 207 Å². The van der Waals surface area contributed by atoms with Gasteiger partial charge in [-0.1, -0.05) is 72.8 Å². The third kappa shape index (κ3) is 7.40. The molecule has 1 N–H and O–H groups in total. The topological polar surface area (TPSA) is 69.7 Å². The molecule has 0 atom stereocenters. The zero-order chi connectivity index (χ0) is 24.5. The molecular formula is C28H29N3O3S. The number of nitrogens with one attached hydrogen (secondary N) is 1. The number of amides is 1. The lowest BCUT2D eigenvalue weighted by Crippen LogP contribution is -2.48. The Hall–Kier alpha value is -3.68. The summed E-state index contributed by atoms with van der Waals surface area (Å²) in [5.41, 5.74) is 2.94. The molecule has 3 aromatic carbocycles. The summed E-state index contributed by atoms with van der Waals surface area (Å²) >= 11 is 0. The van der Waals surface area contributed by atoms with E-state index in [4.69, 9.17) is 0 Å². The van der Waals surface area contributed by atoms with Crippen molar-refractivity contribution in [1.29, 1.82) is 0 Å². The van der Waals surface area contributed by atoms with Crippen molar-refractivity contribution in [2.24, 2.45) is 0 Å². The molecule has 1 heterocycles. The highest BCUT2D eigenvalue weighted by Gasteiger charge is 2.21. The fourth-order valence-corrected chi connectivity index (χ4v) is 4.70. The van der Waals surface area contributed by atoms with Crippen molar-refractivity contribution in [2.45, 2.75) is 0 Å². The van der Waals surface area contributed by atoms with E-state index in [1.54, 1.807) is 24.3 Å². The Morgan fingerprint density at radius 2 is 1.34 bits per heavy atom. The van der Waals surface area contributed by atoms with Crippen LogP contribution in [-0.4, -0.2) is 56.8 Å². The van der Waals surface area contributed by atoms with Crippen LogP contribution < -0.4 is 4.72 Å². The summed E-state index contributed by atoms with van der Waals surface area (Å²) in [5, 5.41) is 1.13. The monoisotopic (exact) mass is 487 g/mol. The van der Waals surface area contributed by atoms with Crippen LogP contribution in [-0.2, 0) is 10.0 Å². The molecule has 0 bridgehead atoms. The van der Waals surface area contributed by atoms with Crippen LogP contribution in [0.25, 0.3) is 12.2 Å². The van der Waals surface area contributed by atoms with Crippen LogP contribution in [0, 0.1) is 0 Å². The quantitative estimate of drug-likeness (QED) is 0.505. The number of hydrogen-bond donors (Lipinski definition) is 1. The van der Waals surface area contributed by atoms with Crippen LogP contribution in [0.2, 0.25) is 0 Å². The van der Waals surface area contributed by atoms with Gasteiger partial charge in [-0.15, -0.1) is 0 Å². The van der Waals surface area contributed by atoms with Crippen molar-refractivity contribution in [3.63, 3.8) is 0 Å². The summed E-state index contributed by atoms with van der Waals surface area (Å²) in [4.78, 5) is 17.1. The predicted molar refractivity (Wildman–Crippen MR) is 142 cm³/mol. The maximum Gasteiger partial charge on any atom is 0.255 e. The molecule has 3 aromatic rings. The Bertz CT molecular complexity index is 1260. The first-order chi connectivity index (χ1) is 17.0. The van der Waals surface area contributed by atoms with E-state index in [1.807, 2.05) is 53.4 Å². The highest BCUT2D eigenvalue weighted by Crippen LogP contribution is 2.15. The molecule has 0 saturated carbocycles. The maximum absolute atomic E-state index is 12.9. The molecule has 1 fully saturated rings. The van der Waals surface area contributed by atoms with Crippen molar-refractivity contribution < 1.29 is 13.2 Å². The molecule has 0 aliphatic carbocycles. The number of sulfonamides is 1. The lowest BCUT2D eigenvalue weighted by Gasteiger charge is -2.34. The van der Waals surface area contributed by atoms with Gasteiger partial charge in [0.15, 0.2) is 0 Å². The molecule has 1 aliphatic heterocycles. The Kier molecular flexibility index (Phi) is 8.13. The first kappa shape index (κ1) is 24.4. The van der Waals surface area contributed by atoms with Crippen LogP contribution in [0.4, 0.5) is 5.69 Å². The van der Waals surface area contributed by atoms with Crippen molar-refractivity contribution in [2.75, 3.05) is 37.4 Å². The lowest BCUT2D eigenvalue weighted by molar-refractivity contribution is 0.0650. The number of carbonyl (C=O) groups is 1. The van der Waals surface area contributed by atoms with E-state index >= 15 is 0 Å². The SMILES string of the molecule is O=C(c1ccc(NS(=O)(=O)/C=C/c2ccccc2)cc1)N1CCN(C/C=C/c2ccccc2)CC1. The summed E-state index contributed by atoms with van der Waals surface area (Å²) in [6.07, 6.45) is 5.81. The van der Waals surface area contributed by atoms with Crippen LogP contribution in [0.5, 0.6) is 0 Å². The van der Waals surface area contributed by atoms with Gasteiger partial charge < -0.3 is 4.90 Å². The van der Waals surface area contributed by atoms with E-state index in [1.165, 1.54) is 11.6 Å². The maximum atomic E-state index is 12.9. The lowest BCUT2D eigenvalue weighted by atomic mass is 10.1. The van der Waals surface area contributed by atoms with Gasteiger partial charge in [0.25, 0.3) is 15.9 Å². The van der Waals surface area contributed by atoms with Gasteiger partial charge in [0.2, 0.25) is 0 Å². The Morgan fingerprint density at radius 3 is 1.94 bits per heavy atom. The average Bonchev–Trinajstić information content (AvgIpc) is 2.89. The molecule has 0 unspecified atom stereocenters. The minimum Gasteiger partial charge on any atom is -0.336 e. The van der Waals surface area contributed by atoms with Gasteiger partial charge >= 0.3 is 0 Å². The van der Waals surface area contributed by atoms with Gasteiger partial charge in [0, 0.05) is 44.0 Å². The normalized spacial score (nSPS) is 15.0. The third-order valence-electron chi connectivity index (χ3n) is 5.76. The van der Waals surface area contributed by atoms with Crippen LogP contribution >= 0.6 is 0 Å². The van der Waals surface area contributed by atoms with E-state index in [0.29, 0.717) is 24.3 Å². The molecule has 0 spiro atoms. The van der Waals surface area contributed by atoms with Crippen molar-refractivity contribution in [3.05, 3.63) is 113 Å². The number of nitrogens with zero attached hydrogens (tertiary/aromatic N) is 2. The third-order valence-corrected chi connectivity index (χ3v) is 6.78. The van der Waals surface area contributed by atoms with Gasteiger partial charge in [-0.25, -0.2) is 8.42 Å². The van der Waals surface area contributed by atoms with Gasteiger partial charge in [0.05, 0.1) is 5.41 Å². The minimum absolute atomic E-state index is 0.0390. The molecule has 1 saturated heterocycles. The number of anilines is 1. The second-order valence-electron chi connectivity index (χ2n) is 8.34. The van der Waals surface area contributed by atoms with Crippen LogP contribution in [0.3, 0.4) is 0 Å². The van der Waals surface area contributed by atoms with E-state index in [0.717, 1.165) is 30.6 Å². The Balaban J connectivity index is 1.26. The number of benzene rings is 3. The number of hydrogen-bond acceptors (Lipinski definition) is 4. The van der Waals surface area contributed by atoms with E-state index in [9.17, 15) is 13.2 Å². The second kappa shape index (κ2) is 11.6. The first-order valence-corrected chi connectivity index (χ1v) is 13.1. The molecule has 0 aromatic heterocycles. The number of piperazine rings is 1. The highest BCUT2D eigenvalue weighted by molar-refractivity contribution is 7.95. The fourth-order valence-electron chi connectivity index (χ4n) is 3.83. The molecule has 4 rings (SSSR count). The van der Waals surface area contributed by atoms with Gasteiger partial charge in [-0.3, -0.25) is 14.4 Å². The molecule has 6 nitrogen and oxygen atoms in total.